The van der Waals surface area contributed by atoms with Crippen LogP contribution < -0.4 is 20.7 Å². The number of amides is 3. The van der Waals surface area contributed by atoms with Crippen molar-refractivity contribution in [1.82, 2.24) is 15.6 Å². The molecule has 0 saturated carbocycles. The Labute approximate surface area is 188 Å². The Hall–Kier alpha value is -3.87. The minimum Gasteiger partial charge on any atom is -0.489 e. The van der Waals surface area contributed by atoms with Crippen LogP contribution in [-0.2, 0) is 6.61 Å². The molecule has 1 unspecified atom stereocenters. The van der Waals surface area contributed by atoms with Crippen molar-refractivity contribution >= 4 is 17.6 Å². The molecule has 3 aromatic rings. The molecule has 3 amide bonds. The highest BCUT2D eigenvalue weighted by Gasteiger charge is 2.13. The summed E-state index contributed by atoms with van der Waals surface area (Å²) in [4.78, 5) is 28.7. The van der Waals surface area contributed by atoms with Gasteiger partial charge in [0.05, 0.1) is 6.04 Å². The van der Waals surface area contributed by atoms with E-state index in [-0.39, 0.29) is 24.0 Å². The number of benzene rings is 2. The zero-order valence-electron chi connectivity index (χ0n) is 18.5. The van der Waals surface area contributed by atoms with E-state index in [2.05, 4.69) is 20.9 Å². The number of aromatic nitrogens is 1. The van der Waals surface area contributed by atoms with Gasteiger partial charge in [-0.25, -0.2) is 4.79 Å². The highest BCUT2D eigenvalue weighted by Crippen LogP contribution is 2.19. The molecule has 7 nitrogen and oxygen atoms in total. The summed E-state index contributed by atoms with van der Waals surface area (Å²) in [6.07, 6.45) is 3.50. The molecule has 0 fully saturated rings. The third-order valence-corrected chi connectivity index (χ3v) is 4.66. The summed E-state index contributed by atoms with van der Waals surface area (Å²) in [7, 11) is 0. The van der Waals surface area contributed by atoms with E-state index >= 15 is 0 Å². The number of rotatable bonds is 8. The Morgan fingerprint density at radius 3 is 2.44 bits per heavy atom. The van der Waals surface area contributed by atoms with Crippen LogP contribution in [0.3, 0.4) is 0 Å². The molecular formula is C25H28N4O3. The summed E-state index contributed by atoms with van der Waals surface area (Å²) in [5.41, 5.74) is 2.97. The number of ether oxygens (including phenoxy) is 1. The normalized spacial score (nSPS) is 11.5. The number of hydrogen-bond donors (Lipinski definition) is 3. The molecule has 3 N–H and O–H groups in total. The first kappa shape index (κ1) is 22.8. The van der Waals surface area contributed by atoms with Gasteiger partial charge in [-0.15, -0.1) is 0 Å². The van der Waals surface area contributed by atoms with E-state index in [9.17, 15) is 9.59 Å². The van der Waals surface area contributed by atoms with E-state index in [0.29, 0.717) is 17.9 Å². The molecule has 0 radical (unpaired) electrons. The van der Waals surface area contributed by atoms with Crippen LogP contribution in [-0.4, -0.2) is 23.0 Å². The van der Waals surface area contributed by atoms with Gasteiger partial charge in [0.25, 0.3) is 5.91 Å². The fraction of sp³-hybridized carbons (Fsp3) is 0.240. The number of nitrogens with zero attached hydrogens (tertiary/aromatic N) is 1. The first-order valence-corrected chi connectivity index (χ1v) is 10.5. The van der Waals surface area contributed by atoms with Gasteiger partial charge in [-0.2, -0.15) is 0 Å². The number of nitrogens with one attached hydrogen (secondary N) is 3. The smallest absolute Gasteiger partial charge is 0.319 e. The van der Waals surface area contributed by atoms with E-state index in [1.54, 1.807) is 36.7 Å². The fourth-order valence-electron chi connectivity index (χ4n) is 3.03. The molecule has 0 bridgehead atoms. The molecule has 7 heteroatoms. The second-order valence-electron chi connectivity index (χ2n) is 7.75. The average Bonchev–Trinajstić information content (AvgIpc) is 2.78. The predicted octanol–water partition coefficient (Wildman–Crippen LogP) is 4.68. The molecule has 32 heavy (non-hydrogen) atoms. The summed E-state index contributed by atoms with van der Waals surface area (Å²) >= 11 is 0. The van der Waals surface area contributed by atoms with Crippen molar-refractivity contribution in [2.45, 2.75) is 39.5 Å². The number of urea groups is 1. The van der Waals surface area contributed by atoms with E-state index < -0.39 is 0 Å². The lowest BCUT2D eigenvalue weighted by Crippen LogP contribution is -2.34. The van der Waals surface area contributed by atoms with Gasteiger partial charge < -0.3 is 20.7 Å². The quantitative estimate of drug-likeness (QED) is 0.482. The minimum atomic E-state index is -0.309. The standard InChI is InChI=1S/C25H28N4O3/c1-17(2)27-25(31)29-22-8-4-7-21(14-22)24(30)28-18(3)20-9-11-23(12-10-20)32-16-19-6-5-13-26-15-19/h4-15,17-18H,16H2,1-3H3,(H,28,30)(H2,27,29,31). The van der Waals surface area contributed by atoms with E-state index in [4.69, 9.17) is 4.74 Å². The van der Waals surface area contributed by atoms with Gasteiger partial charge in [0.15, 0.2) is 0 Å². The Balaban J connectivity index is 1.56. The summed E-state index contributed by atoms with van der Waals surface area (Å²) in [6.45, 7) is 6.12. The van der Waals surface area contributed by atoms with Crippen molar-refractivity contribution in [1.29, 1.82) is 0 Å². The molecule has 0 aliphatic carbocycles. The van der Waals surface area contributed by atoms with E-state index in [0.717, 1.165) is 16.9 Å². The molecule has 1 aromatic heterocycles. The Morgan fingerprint density at radius 2 is 1.75 bits per heavy atom. The van der Waals surface area contributed by atoms with Gasteiger partial charge in [-0.3, -0.25) is 9.78 Å². The molecule has 0 aliphatic rings. The summed E-state index contributed by atoms with van der Waals surface area (Å²) in [5, 5.41) is 8.47. The Morgan fingerprint density at radius 1 is 0.969 bits per heavy atom. The molecule has 0 aliphatic heterocycles. The van der Waals surface area contributed by atoms with Gasteiger partial charge >= 0.3 is 6.03 Å². The van der Waals surface area contributed by atoms with E-state index in [1.807, 2.05) is 57.2 Å². The second kappa shape index (κ2) is 10.9. The van der Waals surface area contributed by atoms with Gasteiger partial charge in [-0.05, 0) is 62.7 Å². The van der Waals surface area contributed by atoms with Crippen LogP contribution in [0.5, 0.6) is 5.75 Å². The predicted molar refractivity (Wildman–Crippen MR) is 125 cm³/mol. The molecule has 3 rings (SSSR count). The zero-order valence-corrected chi connectivity index (χ0v) is 18.5. The van der Waals surface area contributed by atoms with Gasteiger partial charge in [0.1, 0.15) is 12.4 Å². The summed E-state index contributed by atoms with van der Waals surface area (Å²) in [6, 6.07) is 17.8. The third-order valence-electron chi connectivity index (χ3n) is 4.66. The number of carbonyl (C=O) groups is 2. The summed E-state index contributed by atoms with van der Waals surface area (Å²) in [5.74, 6) is 0.525. The van der Waals surface area contributed by atoms with Gasteiger partial charge in [0, 0.05) is 35.2 Å². The molecular weight excluding hydrogens is 404 g/mol. The highest BCUT2D eigenvalue weighted by molar-refractivity contribution is 5.97. The monoisotopic (exact) mass is 432 g/mol. The maximum Gasteiger partial charge on any atom is 0.319 e. The number of pyridine rings is 1. The van der Waals surface area contributed by atoms with Crippen LogP contribution in [0.15, 0.2) is 73.1 Å². The van der Waals surface area contributed by atoms with Crippen molar-refractivity contribution in [3.05, 3.63) is 89.7 Å². The average molecular weight is 433 g/mol. The first-order valence-electron chi connectivity index (χ1n) is 10.5. The molecule has 0 saturated heterocycles. The molecule has 1 heterocycles. The Bertz CT molecular complexity index is 1040. The Kier molecular flexibility index (Phi) is 7.80. The van der Waals surface area contributed by atoms with Crippen LogP contribution in [0, 0.1) is 0 Å². The maximum absolute atomic E-state index is 12.7. The van der Waals surface area contributed by atoms with Gasteiger partial charge in [0.2, 0.25) is 0 Å². The lowest BCUT2D eigenvalue weighted by Gasteiger charge is -2.16. The van der Waals surface area contributed by atoms with Crippen molar-refractivity contribution < 1.29 is 14.3 Å². The number of carbonyl (C=O) groups excluding carboxylic acids is 2. The van der Waals surface area contributed by atoms with Crippen LogP contribution in [0.2, 0.25) is 0 Å². The van der Waals surface area contributed by atoms with Crippen LogP contribution in [0.25, 0.3) is 0 Å². The van der Waals surface area contributed by atoms with Crippen LogP contribution >= 0.6 is 0 Å². The maximum atomic E-state index is 12.7. The van der Waals surface area contributed by atoms with Crippen molar-refractivity contribution in [2.24, 2.45) is 0 Å². The van der Waals surface area contributed by atoms with Crippen molar-refractivity contribution in [2.75, 3.05) is 5.32 Å². The van der Waals surface area contributed by atoms with E-state index in [1.165, 1.54) is 0 Å². The first-order chi connectivity index (χ1) is 15.4. The van der Waals surface area contributed by atoms with Crippen LogP contribution in [0.1, 0.15) is 48.3 Å². The minimum absolute atomic E-state index is 0.0227. The molecule has 0 spiro atoms. The molecule has 1 atom stereocenters. The second-order valence-corrected chi connectivity index (χ2v) is 7.75. The largest absolute Gasteiger partial charge is 0.489 e. The fourth-order valence-corrected chi connectivity index (χ4v) is 3.03. The zero-order chi connectivity index (χ0) is 22.9. The summed E-state index contributed by atoms with van der Waals surface area (Å²) < 4.78 is 5.78. The highest BCUT2D eigenvalue weighted by atomic mass is 16.5. The topological polar surface area (TPSA) is 92.4 Å². The van der Waals surface area contributed by atoms with Crippen LogP contribution in [0.4, 0.5) is 10.5 Å². The molecule has 2 aromatic carbocycles. The number of hydrogen-bond acceptors (Lipinski definition) is 4. The SMILES string of the molecule is CC(C)NC(=O)Nc1cccc(C(=O)NC(C)c2ccc(OCc3cccnc3)cc2)c1. The van der Waals surface area contributed by atoms with Crippen molar-refractivity contribution in [3.8, 4) is 5.75 Å². The molecule has 166 valence electrons. The third kappa shape index (κ3) is 6.84. The number of anilines is 1. The lowest BCUT2D eigenvalue weighted by molar-refractivity contribution is 0.0940. The van der Waals surface area contributed by atoms with Crippen molar-refractivity contribution in [3.63, 3.8) is 0 Å². The van der Waals surface area contributed by atoms with Gasteiger partial charge in [-0.1, -0.05) is 24.3 Å². The lowest BCUT2D eigenvalue weighted by atomic mass is 10.1.